The number of thiophene rings is 1. The van der Waals surface area contributed by atoms with Crippen LogP contribution >= 0.6 is 22.7 Å². The summed E-state index contributed by atoms with van der Waals surface area (Å²) in [5, 5.41) is 5.64. The summed E-state index contributed by atoms with van der Waals surface area (Å²) in [4.78, 5) is 33.8. The van der Waals surface area contributed by atoms with E-state index in [1.165, 1.54) is 22.6 Å². The van der Waals surface area contributed by atoms with E-state index >= 15 is 0 Å². The van der Waals surface area contributed by atoms with Gasteiger partial charge in [0.1, 0.15) is 0 Å². The molecule has 1 aliphatic carbocycles. The largest absolute Gasteiger partial charge is 0.337 e. The van der Waals surface area contributed by atoms with Gasteiger partial charge in [0.2, 0.25) is 5.91 Å². The topological polar surface area (TPSA) is 62.3 Å². The number of carbonyl (C=O) groups excluding carboxylic acids is 2. The van der Waals surface area contributed by atoms with Crippen molar-refractivity contribution in [2.24, 2.45) is 11.8 Å². The van der Waals surface area contributed by atoms with Crippen molar-refractivity contribution in [3.05, 3.63) is 33.0 Å². The first-order chi connectivity index (χ1) is 12.6. The van der Waals surface area contributed by atoms with Crippen molar-refractivity contribution in [2.75, 3.05) is 18.4 Å². The molecule has 7 heteroatoms. The van der Waals surface area contributed by atoms with Crippen LogP contribution in [0.1, 0.15) is 46.4 Å². The summed E-state index contributed by atoms with van der Waals surface area (Å²) >= 11 is 3.07. The maximum absolute atomic E-state index is 12.7. The van der Waals surface area contributed by atoms with Crippen LogP contribution in [0.15, 0.2) is 17.5 Å². The molecule has 0 saturated carbocycles. The highest BCUT2D eigenvalue weighted by Crippen LogP contribution is 2.32. The van der Waals surface area contributed by atoms with Gasteiger partial charge in [-0.3, -0.25) is 9.59 Å². The number of piperidine rings is 1. The molecule has 3 heterocycles. The molecule has 2 unspecified atom stereocenters. The quantitative estimate of drug-likeness (QED) is 0.868. The second kappa shape index (κ2) is 7.48. The minimum absolute atomic E-state index is 0.00664. The van der Waals surface area contributed by atoms with Crippen LogP contribution in [0.3, 0.4) is 0 Å². The number of anilines is 1. The number of aromatic nitrogens is 1. The maximum Gasteiger partial charge on any atom is 0.263 e. The van der Waals surface area contributed by atoms with Crippen LogP contribution < -0.4 is 5.32 Å². The Kier molecular flexibility index (Phi) is 5.09. The highest BCUT2D eigenvalue weighted by molar-refractivity contribution is 7.15. The molecule has 0 radical (unpaired) electrons. The second-order valence-corrected chi connectivity index (χ2v) is 9.33. The smallest absolute Gasteiger partial charge is 0.263 e. The van der Waals surface area contributed by atoms with Gasteiger partial charge in [0.15, 0.2) is 5.13 Å². The number of amides is 2. The molecule has 0 spiro atoms. The summed E-state index contributed by atoms with van der Waals surface area (Å²) in [6.07, 6.45) is 4.93. The molecule has 2 aromatic heterocycles. The van der Waals surface area contributed by atoms with Crippen molar-refractivity contribution in [3.8, 4) is 0 Å². The molecule has 26 heavy (non-hydrogen) atoms. The van der Waals surface area contributed by atoms with E-state index < -0.39 is 0 Å². The number of hydrogen-bond acceptors (Lipinski definition) is 5. The standard InChI is InChI=1S/C19H23N3O2S2/c1-12-6-7-14-16(10-12)26-19(20-14)21-17(23)13-4-2-8-22(11-13)18(24)15-5-3-9-25-15/h3,5,9,12-13H,2,4,6-8,10-11H2,1H3,(H,20,21,23). The molecular formula is C19H23N3O2S2. The van der Waals surface area contributed by atoms with Crippen LogP contribution in [0, 0.1) is 11.8 Å². The van der Waals surface area contributed by atoms with Crippen molar-refractivity contribution in [3.63, 3.8) is 0 Å². The Morgan fingerprint density at radius 3 is 3.04 bits per heavy atom. The van der Waals surface area contributed by atoms with Crippen LogP contribution in [0.2, 0.25) is 0 Å². The third kappa shape index (κ3) is 3.69. The van der Waals surface area contributed by atoms with Crippen molar-refractivity contribution < 1.29 is 9.59 Å². The molecule has 2 aromatic rings. The van der Waals surface area contributed by atoms with Crippen LogP contribution in [-0.2, 0) is 17.6 Å². The zero-order valence-electron chi connectivity index (χ0n) is 14.9. The Hall–Kier alpha value is -1.73. The number of aryl methyl sites for hydroxylation is 1. The average Bonchev–Trinajstić information content (AvgIpc) is 3.30. The lowest BCUT2D eigenvalue weighted by Crippen LogP contribution is -2.43. The summed E-state index contributed by atoms with van der Waals surface area (Å²) in [5.41, 5.74) is 1.15. The van der Waals surface area contributed by atoms with Crippen LogP contribution in [0.5, 0.6) is 0 Å². The van der Waals surface area contributed by atoms with Gasteiger partial charge in [0.25, 0.3) is 5.91 Å². The van der Waals surface area contributed by atoms with Crippen LogP contribution in [0.4, 0.5) is 5.13 Å². The van der Waals surface area contributed by atoms with Gasteiger partial charge in [-0.2, -0.15) is 0 Å². The number of nitrogens with one attached hydrogen (secondary N) is 1. The fraction of sp³-hybridized carbons (Fsp3) is 0.526. The van der Waals surface area contributed by atoms with Crippen molar-refractivity contribution >= 4 is 39.6 Å². The van der Waals surface area contributed by atoms with Crippen LogP contribution in [0.25, 0.3) is 0 Å². The van der Waals surface area contributed by atoms with Gasteiger partial charge in [-0.15, -0.1) is 22.7 Å². The number of fused-ring (bicyclic) bond motifs is 1. The fourth-order valence-electron chi connectivity index (χ4n) is 3.73. The van der Waals surface area contributed by atoms with Gasteiger partial charge >= 0.3 is 0 Å². The third-order valence-electron chi connectivity index (χ3n) is 5.23. The Morgan fingerprint density at radius 1 is 1.35 bits per heavy atom. The van der Waals surface area contributed by atoms with Crippen molar-refractivity contribution in [2.45, 2.75) is 39.0 Å². The van der Waals surface area contributed by atoms with Gasteiger partial charge in [-0.05, 0) is 49.5 Å². The molecule has 1 aliphatic heterocycles. The number of likely N-dealkylation sites (tertiary alicyclic amines) is 1. The highest BCUT2D eigenvalue weighted by atomic mass is 32.1. The third-order valence-corrected chi connectivity index (χ3v) is 7.12. The number of carbonyl (C=O) groups is 2. The summed E-state index contributed by atoms with van der Waals surface area (Å²) < 4.78 is 0. The SMILES string of the molecule is CC1CCc2nc(NC(=O)C3CCCN(C(=O)c4cccs4)C3)sc2C1. The van der Waals surface area contributed by atoms with E-state index in [1.807, 2.05) is 22.4 Å². The first-order valence-electron chi connectivity index (χ1n) is 9.22. The minimum atomic E-state index is -0.160. The van der Waals surface area contributed by atoms with E-state index in [-0.39, 0.29) is 17.7 Å². The first kappa shape index (κ1) is 17.7. The van der Waals surface area contributed by atoms with Gasteiger partial charge in [-0.1, -0.05) is 13.0 Å². The first-order valence-corrected chi connectivity index (χ1v) is 10.9. The Labute approximate surface area is 161 Å². The fourth-order valence-corrected chi connectivity index (χ4v) is 5.60. The zero-order valence-corrected chi connectivity index (χ0v) is 16.5. The van der Waals surface area contributed by atoms with Gasteiger partial charge in [0, 0.05) is 18.0 Å². The molecule has 2 aliphatic rings. The van der Waals surface area contributed by atoms with Crippen molar-refractivity contribution in [1.82, 2.24) is 9.88 Å². The minimum Gasteiger partial charge on any atom is -0.337 e. The monoisotopic (exact) mass is 389 g/mol. The summed E-state index contributed by atoms with van der Waals surface area (Å²) in [7, 11) is 0. The zero-order chi connectivity index (χ0) is 18.1. The Morgan fingerprint density at radius 2 is 2.23 bits per heavy atom. The van der Waals surface area contributed by atoms with Gasteiger partial charge in [0.05, 0.1) is 16.5 Å². The molecular weight excluding hydrogens is 366 g/mol. The van der Waals surface area contributed by atoms with E-state index in [0.29, 0.717) is 12.5 Å². The summed E-state index contributed by atoms with van der Waals surface area (Å²) in [6.45, 7) is 3.48. The normalized spacial score (nSPS) is 22.7. The molecule has 1 fully saturated rings. The lowest BCUT2D eigenvalue weighted by Gasteiger charge is -2.31. The van der Waals surface area contributed by atoms with Gasteiger partial charge in [-0.25, -0.2) is 4.98 Å². The summed E-state index contributed by atoms with van der Waals surface area (Å²) in [5.74, 6) is 0.568. The second-order valence-electron chi connectivity index (χ2n) is 7.29. The van der Waals surface area contributed by atoms with Gasteiger partial charge < -0.3 is 10.2 Å². The predicted molar refractivity (Wildman–Crippen MR) is 105 cm³/mol. The Balaban J connectivity index is 1.39. The molecule has 4 rings (SSSR count). The average molecular weight is 390 g/mol. The highest BCUT2D eigenvalue weighted by Gasteiger charge is 2.30. The number of rotatable bonds is 3. The van der Waals surface area contributed by atoms with E-state index in [9.17, 15) is 9.59 Å². The molecule has 0 bridgehead atoms. The molecule has 5 nitrogen and oxygen atoms in total. The molecule has 2 amide bonds. The molecule has 2 atom stereocenters. The molecule has 0 aromatic carbocycles. The van der Waals surface area contributed by atoms with E-state index in [2.05, 4.69) is 17.2 Å². The number of hydrogen-bond donors (Lipinski definition) is 1. The number of thiazole rings is 1. The summed E-state index contributed by atoms with van der Waals surface area (Å²) in [6, 6.07) is 3.73. The van der Waals surface area contributed by atoms with E-state index in [1.54, 1.807) is 11.3 Å². The van der Waals surface area contributed by atoms with E-state index in [0.717, 1.165) is 47.9 Å². The molecule has 1 N–H and O–H groups in total. The van der Waals surface area contributed by atoms with E-state index in [4.69, 9.17) is 0 Å². The number of nitrogens with zero attached hydrogens (tertiary/aromatic N) is 2. The van der Waals surface area contributed by atoms with Crippen molar-refractivity contribution in [1.29, 1.82) is 0 Å². The lowest BCUT2D eigenvalue weighted by atomic mass is 9.93. The predicted octanol–water partition coefficient (Wildman–Crippen LogP) is 3.82. The lowest BCUT2D eigenvalue weighted by molar-refractivity contribution is -0.121. The van der Waals surface area contributed by atoms with Crippen LogP contribution in [-0.4, -0.2) is 34.8 Å². The molecule has 138 valence electrons. The maximum atomic E-state index is 12.7. The Bertz CT molecular complexity index is 800. The molecule has 1 saturated heterocycles.